The molecule has 0 amide bonds. The van der Waals surface area contributed by atoms with E-state index in [2.05, 4.69) is 15.3 Å². The minimum atomic E-state index is -0.307. The Balaban J connectivity index is 2.46. The third-order valence-electron chi connectivity index (χ3n) is 3.50. The fourth-order valence-electron chi connectivity index (χ4n) is 2.50. The molecular formula is C12H21N5O2. The zero-order valence-corrected chi connectivity index (χ0v) is 11.7. The van der Waals surface area contributed by atoms with Crippen molar-refractivity contribution >= 4 is 11.5 Å². The first kappa shape index (κ1) is 13.8. The smallest absolute Gasteiger partial charge is 0.333 e. The number of rotatable bonds is 6. The first-order chi connectivity index (χ1) is 9.10. The zero-order chi connectivity index (χ0) is 14.0. The molecule has 0 saturated carbocycles. The lowest BCUT2D eigenvalue weighted by Crippen LogP contribution is -2.58. The standard InChI is InChI=1S/C12H21N5O2/c1-4-6-16-12(11(17(18)19)9(3)14-16)15(5-2)10-7-13-8-10/h10,13H,4-8H2,1-3H3. The zero-order valence-electron chi connectivity index (χ0n) is 11.7. The molecule has 1 fully saturated rings. The van der Waals surface area contributed by atoms with Gasteiger partial charge in [0, 0.05) is 26.2 Å². The van der Waals surface area contributed by atoms with Crippen molar-refractivity contribution in [3.05, 3.63) is 15.8 Å². The monoisotopic (exact) mass is 267 g/mol. The number of nitrogens with one attached hydrogen (secondary N) is 1. The fourth-order valence-corrected chi connectivity index (χ4v) is 2.50. The summed E-state index contributed by atoms with van der Waals surface area (Å²) < 4.78 is 1.79. The molecule has 1 aliphatic rings. The minimum absolute atomic E-state index is 0.155. The average molecular weight is 267 g/mol. The van der Waals surface area contributed by atoms with Crippen molar-refractivity contribution in [2.45, 2.75) is 39.8 Å². The Hall–Kier alpha value is -1.63. The molecule has 106 valence electrons. The molecule has 0 radical (unpaired) electrons. The van der Waals surface area contributed by atoms with Crippen LogP contribution in [-0.4, -0.2) is 40.4 Å². The van der Waals surface area contributed by atoms with Gasteiger partial charge in [0.15, 0.2) is 0 Å². The molecule has 0 aromatic carbocycles. The molecule has 1 saturated heterocycles. The van der Waals surface area contributed by atoms with Crippen LogP contribution in [0.2, 0.25) is 0 Å². The average Bonchev–Trinajstić information content (AvgIpc) is 2.60. The van der Waals surface area contributed by atoms with Crippen LogP contribution in [0.15, 0.2) is 0 Å². The highest BCUT2D eigenvalue weighted by atomic mass is 16.6. The molecule has 0 unspecified atom stereocenters. The summed E-state index contributed by atoms with van der Waals surface area (Å²) in [6.45, 7) is 9.00. The molecule has 2 heterocycles. The fraction of sp³-hybridized carbons (Fsp3) is 0.750. The van der Waals surface area contributed by atoms with Crippen LogP contribution in [0.4, 0.5) is 11.5 Å². The van der Waals surface area contributed by atoms with Crippen LogP contribution < -0.4 is 10.2 Å². The van der Waals surface area contributed by atoms with E-state index >= 15 is 0 Å². The lowest BCUT2D eigenvalue weighted by molar-refractivity contribution is -0.384. The van der Waals surface area contributed by atoms with Gasteiger partial charge in [-0.3, -0.25) is 10.1 Å². The van der Waals surface area contributed by atoms with Gasteiger partial charge in [0.2, 0.25) is 5.82 Å². The van der Waals surface area contributed by atoms with Gasteiger partial charge in [-0.1, -0.05) is 6.92 Å². The van der Waals surface area contributed by atoms with Crippen LogP contribution in [0.25, 0.3) is 0 Å². The molecule has 7 nitrogen and oxygen atoms in total. The van der Waals surface area contributed by atoms with Crippen molar-refractivity contribution in [2.24, 2.45) is 0 Å². The van der Waals surface area contributed by atoms with Crippen molar-refractivity contribution < 1.29 is 4.92 Å². The molecule has 1 N–H and O–H groups in total. The van der Waals surface area contributed by atoms with Crippen LogP contribution in [0.3, 0.4) is 0 Å². The number of likely N-dealkylation sites (N-methyl/N-ethyl adjacent to an activating group) is 1. The summed E-state index contributed by atoms with van der Waals surface area (Å²) in [6, 6.07) is 0.329. The Kier molecular flexibility index (Phi) is 4.04. The quantitative estimate of drug-likeness (QED) is 0.621. The van der Waals surface area contributed by atoms with Gasteiger partial charge in [0.25, 0.3) is 0 Å². The molecule has 1 aliphatic heterocycles. The molecule has 0 atom stereocenters. The van der Waals surface area contributed by atoms with Crippen molar-refractivity contribution in [1.29, 1.82) is 0 Å². The molecule has 1 aromatic rings. The number of aromatic nitrogens is 2. The van der Waals surface area contributed by atoms with Gasteiger partial charge < -0.3 is 10.2 Å². The van der Waals surface area contributed by atoms with Gasteiger partial charge in [0.05, 0.1) is 11.0 Å². The summed E-state index contributed by atoms with van der Waals surface area (Å²) in [6.07, 6.45) is 0.908. The summed E-state index contributed by atoms with van der Waals surface area (Å²) in [4.78, 5) is 13.1. The second-order valence-electron chi connectivity index (χ2n) is 4.84. The van der Waals surface area contributed by atoms with Gasteiger partial charge in [0.1, 0.15) is 5.69 Å². The summed E-state index contributed by atoms with van der Waals surface area (Å²) in [7, 11) is 0. The van der Waals surface area contributed by atoms with E-state index in [1.165, 1.54) is 0 Å². The van der Waals surface area contributed by atoms with E-state index in [9.17, 15) is 10.1 Å². The van der Waals surface area contributed by atoms with Crippen LogP contribution in [0.5, 0.6) is 0 Å². The van der Waals surface area contributed by atoms with E-state index in [4.69, 9.17) is 0 Å². The summed E-state index contributed by atoms with van der Waals surface area (Å²) in [5, 5.41) is 18.9. The maximum atomic E-state index is 11.3. The van der Waals surface area contributed by atoms with Crippen LogP contribution in [0, 0.1) is 17.0 Å². The van der Waals surface area contributed by atoms with Gasteiger partial charge >= 0.3 is 5.69 Å². The van der Waals surface area contributed by atoms with Crippen LogP contribution in [0.1, 0.15) is 26.0 Å². The molecule has 0 bridgehead atoms. The summed E-state index contributed by atoms with van der Waals surface area (Å²) >= 11 is 0. The van der Waals surface area contributed by atoms with Crippen molar-refractivity contribution in [3.8, 4) is 0 Å². The molecule has 0 aliphatic carbocycles. The molecular weight excluding hydrogens is 246 g/mol. The number of nitro groups is 1. The van der Waals surface area contributed by atoms with E-state index in [-0.39, 0.29) is 10.6 Å². The normalized spacial score (nSPS) is 15.3. The Morgan fingerprint density at radius 2 is 2.21 bits per heavy atom. The second kappa shape index (κ2) is 5.56. The maximum Gasteiger partial charge on any atom is 0.333 e. The Morgan fingerprint density at radius 1 is 1.53 bits per heavy atom. The van der Waals surface area contributed by atoms with E-state index in [0.717, 1.165) is 26.1 Å². The van der Waals surface area contributed by atoms with Gasteiger partial charge in [-0.05, 0) is 20.3 Å². The van der Waals surface area contributed by atoms with E-state index in [0.29, 0.717) is 24.1 Å². The van der Waals surface area contributed by atoms with Crippen molar-refractivity contribution in [2.75, 3.05) is 24.5 Å². The third-order valence-corrected chi connectivity index (χ3v) is 3.50. The van der Waals surface area contributed by atoms with Gasteiger partial charge in [-0.25, -0.2) is 4.68 Å². The third kappa shape index (κ3) is 2.42. The highest BCUT2D eigenvalue weighted by Gasteiger charge is 2.34. The first-order valence-electron chi connectivity index (χ1n) is 6.79. The van der Waals surface area contributed by atoms with Crippen molar-refractivity contribution in [3.63, 3.8) is 0 Å². The number of aryl methyl sites for hydroxylation is 2. The highest BCUT2D eigenvalue weighted by Crippen LogP contribution is 2.33. The molecule has 7 heteroatoms. The van der Waals surface area contributed by atoms with E-state index < -0.39 is 0 Å². The SMILES string of the molecule is CCCn1nc(C)c([N+](=O)[O-])c1N(CC)C1CNC1. The lowest BCUT2D eigenvalue weighted by Gasteiger charge is -2.38. The topological polar surface area (TPSA) is 76.2 Å². The molecule has 1 aromatic heterocycles. The molecule has 19 heavy (non-hydrogen) atoms. The number of anilines is 1. The Labute approximate surface area is 112 Å². The summed E-state index contributed by atoms with van der Waals surface area (Å²) in [5.74, 6) is 0.665. The van der Waals surface area contributed by atoms with Crippen molar-refractivity contribution in [1.82, 2.24) is 15.1 Å². The van der Waals surface area contributed by atoms with Crippen LogP contribution in [-0.2, 0) is 6.54 Å². The number of hydrogen-bond donors (Lipinski definition) is 1. The van der Waals surface area contributed by atoms with E-state index in [1.807, 2.05) is 13.8 Å². The lowest BCUT2D eigenvalue weighted by atomic mass is 10.1. The first-order valence-corrected chi connectivity index (χ1v) is 6.79. The van der Waals surface area contributed by atoms with E-state index in [1.54, 1.807) is 11.6 Å². The number of hydrogen-bond acceptors (Lipinski definition) is 5. The predicted octanol–water partition coefficient (Wildman–Crippen LogP) is 1.31. The Bertz CT molecular complexity index is 467. The summed E-state index contributed by atoms with van der Waals surface area (Å²) in [5.41, 5.74) is 0.654. The number of nitrogens with zero attached hydrogens (tertiary/aromatic N) is 4. The minimum Gasteiger partial charge on any atom is -0.346 e. The molecule has 0 spiro atoms. The van der Waals surface area contributed by atoms with Gasteiger partial charge in [-0.15, -0.1) is 0 Å². The maximum absolute atomic E-state index is 11.3. The van der Waals surface area contributed by atoms with Crippen LogP contribution >= 0.6 is 0 Å². The largest absolute Gasteiger partial charge is 0.346 e. The second-order valence-corrected chi connectivity index (χ2v) is 4.84. The predicted molar refractivity (Wildman–Crippen MR) is 73.6 cm³/mol. The Morgan fingerprint density at radius 3 is 2.63 bits per heavy atom. The molecule has 2 rings (SSSR count). The highest BCUT2D eigenvalue weighted by molar-refractivity contribution is 5.62. The van der Waals surface area contributed by atoms with Gasteiger partial charge in [-0.2, -0.15) is 5.10 Å².